The molecule has 0 unspecified atom stereocenters. The van der Waals surface area contributed by atoms with Gasteiger partial charge in [0.25, 0.3) is 0 Å². The molecule has 134 valence electrons. The molecule has 1 heterocycles. The average Bonchev–Trinajstić information content (AvgIpc) is 2.62. The predicted molar refractivity (Wildman–Crippen MR) is 95.7 cm³/mol. The molecule has 0 aliphatic carbocycles. The lowest BCUT2D eigenvalue weighted by Crippen LogP contribution is -2.03. The SMILES string of the molecule is COc1cc(F)c(-c2c(OC)nnc(C)c2-c2ccc(Cl)cc2)c(F)c1. The van der Waals surface area contributed by atoms with E-state index in [0.717, 1.165) is 12.1 Å². The van der Waals surface area contributed by atoms with Gasteiger partial charge in [-0.15, -0.1) is 5.10 Å². The Kier molecular flexibility index (Phi) is 5.04. The molecule has 0 bridgehead atoms. The highest BCUT2D eigenvalue weighted by atomic mass is 35.5. The number of aromatic nitrogens is 2. The number of rotatable bonds is 4. The van der Waals surface area contributed by atoms with Crippen LogP contribution >= 0.6 is 11.6 Å². The lowest BCUT2D eigenvalue weighted by atomic mass is 9.93. The number of aryl methyl sites for hydroxylation is 1. The summed E-state index contributed by atoms with van der Waals surface area (Å²) in [7, 11) is 2.71. The highest BCUT2D eigenvalue weighted by molar-refractivity contribution is 6.30. The zero-order chi connectivity index (χ0) is 18.8. The topological polar surface area (TPSA) is 44.2 Å². The molecule has 0 saturated carbocycles. The fourth-order valence-corrected chi connectivity index (χ4v) is 2.89. The number of ether oxygens (including phenoxy) is 2. The van der Waals surface area contributed by atoms with Crippen LogP contribution in [-0.4, -0.2) is 24.4 Å². The van der Waals surface area contributed by atoms with E-state index in [1.807, 2.05) is 0 Å². The summed E-state index contributed by atoms with van der Waals surface area (Å²) in [6.45, 7) is 1.71. The quantitative estimate of drug-likeness (QED) is 0.637. The summed E-state index contributed by atoms with van der Waals surface area (Å²) in [5.41, 5.74) is 1.62. The first kappa shape index (κ1) is 18.1. The van der Waals surface area contributed by atoms with Gasteiger partial charge in [0.15, 0.2) is 0 Å². The van der Waals surface area contributed by atoms with Crippen LogP contribution in [0, 0.1) is 18.6 Å². The first-order valence-electron chi connectivity index (χ1n) is 7.66. The first-order chi connectivity index (χ1) is 12.5. The van der Waals surface area contributed by atoms with Crippen LogP contribution in [0.2, 0.25) is 5.02 Å². The summed E-state index contributed by atoms with van der Waals surface area (Å²) in [4.78, 5) is 0. The molecule has 3 rings (SSSR count). The molecular formula is C19H15ClF2N2O2. The van der Waals surface area contributed by atoms with Crippen molar-refractivity contribution in [3.63, 3.8) is 0 Å². The Morgan fingerprint density at radius 2 is 1.46 bits per heavy atom. The fourth-order valence-electron chi connectivity index (χ4n) is 2.76. The maximum absolute atomic E-state index is 14.7. The zero-order valence-electron chi connectivity index (χ0n) is 14.3. The second-order valence-corrected chi connectivity index (χ2v) is 5.95. The fraction of sp³-hybridized carbons (Fsp3) is 0.158. The third-order valence-corrected chi connectivity index (χ3v) is 4.20. The van der Waals surface area contributed by atoms with E-state index in [-0.39, 0.29) is 22.8 Å². The normalized spacial score (nSPS) is 10.7. The van der Waals surface area contributed by atoms with E-state index >= 15 is 0 Å². The second-order valence-electron chi connectivity index (χ2n) is 5.52. The minimum absolute atomic E-state index is 0.0171. The number of halogens is 3. The van der Waals surface area contributed by atoms with Crippen molar-refractivity contribution in [3.05, 3.63) is 58.7 Å². The molecule has 3 aromatic rings. The van der Waals surface area contributed by atoms with Gasteiger partial charge in [0.05, 0.1) is 31.0 Å². The van der Waals surface area contributed by atoms with E-state index in [9.17, 15) is 8.78 Å². The number of nitrogens with zero attached hydrogens (tertiary/aromatic N) is 2. The van der Waals surface area contributed by atoms with Gasteiger partial charge in [0, 0.05) is 22.7 Å². The molecule has 0 radical (unpaired) electrons. The molecule has 0 fully saturated rings. The third-order valence-electron chi connectivity index (χ3n) is 3.94. The van der Waals surface area contributed by atoms with Crippen LogP contribution in [0.25, 0.3) is 22.3 Å². The van der Waals surface area contributed by atoms with E-state index in [2.05, 4.69) is 10.2 Å². The Labute approximate surface area is 154 Å². The van der Waals surface area contributed by atoms with Gasteiger partial charge in [-0.3, -0.25) is 0 Å². The Hall–Kier alpha value is -2.73. The molecule has 26 heavy (non-hydrogen) atoms. The maximum atomic E-state index is 14.7. The average molecular weight is 377 g/mol. The van der Waals surface area contributed by atoms with Crippen molar-refractivity contribution in [2.75, 3.05) is 14.2 Å². The molecule has 0 saturated heterocycles. The molecule has 0 N–H and O–H groups in total. The van der Waals surface area contributed by atoms with Gasteiger partial charge in [-0.25, -0.2) is 8.78 Å². The summed E-state index contributed by atoms with van der Waals surface area (Å²) in [6.07, 6.45) is 0. The van der Waals surface area contributed by atoms with Crippen molar-refractivity contribution in [2.45, 2.75) is 6.92 Å². The summed E-state index contributed by atoms with van der Waals surface area (Å²) >= 11 is 5.95. The molecular weight excluding hydrogens is 362 g/mol. The van der Waals surface area contributed by atoms with Crippen molar-refractivity contribution in [2.24, 2.45) is 0 Å². The van der Waals surface area contributed by atoms with Crippen LogP contribution in [0.15, 0.2) is 36.4 Å². The monoisotopic (exact) mass is 376 g/mol. The summed E-state index contributed by atoms with van der Waals surface area (Å²) < 4.78 is 39.7. The standard InChI is InChI=1S/C19H15ClF2N2O2/c1-10-16(11-4-6-12(20)7-5-11)18(19(26-3)24-23-10)17-14(21)8-13(25-2)9-15(17)22/h4-9H,1-3H3. The Bertz CT molecular complexity index is 939. The number of hydrogen-bond acceptors (Lipinski definition) is 4. The van der Waals surface area contributed by atoms with Crippen molar-refractivity contribution >= 4 is 11.6 Å². The largest absolute Gasteiger partial charge is 0.497 e. The Morgan fingerprint density at radius 1 is 0.846 bits per heavy atom. The van der Waals surface area contributed by atoms with Gasteiger partial charge in [-0.2, -0.15) is 5.10 Å². The Balaban J connectivity index is 2.37. The van der Waals surface area contributed by atoms with E-state index < -0.39 is 11.6 Å². The van der Waals surface area contributed by atoms with Gasteiger partial charge in [-0.05, 0) is 24.6 Å². The molecule has 0 aliphatic heterocycles. The summed E-state index contributed by atoms with van der Waals surface area (Å²) in [5.74, 6) is -1.48. The molecule has 0 amide bonds. The van der Waals surface area contributed by atoms with Crippen LogP contribution in [-0.2, 0) is 0 Å². The van der Waals surface area contributed by atoms with Crippen LogP contribution in [0.3, 0.4) is 0 Å². The van der Waals surface area contributed by atoms with Crippen LogP contribution in [0.5, 0.6) is 11.6 Å². The van der Waals surface area contributed by atoms with Crippen LogP contribution in [0.1, 0.15) is 5.69 Å². The first-order valence-corrected chi connectivity index (χ1v) is 8.04. The minimum atomic E-state index is -0.789. The lowest BCUT2D eigenvalue weighted by Gasteiger charge is -2.17. The Morgan fingerprint density at radius 3 is 2.00 bits per heavy atom. The number of hydrogen-bond donors (Lipinski definition) is 0. The molecule has 0 aliphatic rings. The number of methoxy groups -OCH3 is 2. The smallest absolute Gasteiger partial charge is 0.241 e. The van der Waals surface area contributed by atoms with Gasteiger partial charge < -0.3 is 9.47 Å². The highest BCUT2D eigenvalue weighted by Gasteiger charge is 2.25. The van der Waals surface area contributed by atoms with Crippen molar-refractivity contribution < 1.29 is 18.3 Å². The van der Waals surface area contributed by atoms with Crippen molar-refractivity contribution in [1.82, 2.24) is 10.2 Å². The highest BCUT2D eigenvalue weighted by Crippen LogP contribution is 2.42. The van der Waals surface area contributed by atoms with Gasteiger partial charge in [0.1, 0.15) is 17.4 Å². The predicted octanol–water partition coefficient (Wildman–Crippen LogP) is 5.07. The van der Waals surface area contributed by atoms with E-state index in [4.69, 9.17) is 21.1 Å². The number of benzene rings is 2. The molecule has 4 nitrogen and oxygen atoms in total. The van der Waals surface area contributed by atoms with Crippen LogP contribution in [0.4, 0.5) is 8.78 Å². The summed E-state index contributed by atoms with van der Waals surface area (Å²) in [6, 6.07) is 9.09. The molecule has 7 heteroatoms. The second kappa shape index (κ2) is 7.25. The zero-order valence-corrected chi connectivity index (χ0v) is 15.1. The van der Waals surface area contributed by atoms with E-state index in [1.54, 1.807) is 31.2 Å². The van der Waals surface area contributed by atoms with Gasteiger partial charge in [-0.1, -0.05) is 23.7 Å². The minimum Gasteiger partial charge on any atom is -0.497 e. The van der Waals surface area contributed by atoms with Crippen molar-refractivity contribution in [1.29, 1.82) is 0 Å². The summed E-state index contributed by atoms with van der Waals surface area (Å²) in [5, 5.41) is 8.53. The molecule has 2 aromatic carbocycles. The van der Waals surface area contributed by atoms with Gasteiger partial charge >= 0.3 is 0 Å². The van der Waals surface area contributed by atoms with Crippen molar-refractivity contribution in [3.8, 4) is 33.9 Å². The molecule has 0 atom stereocenters. The third kappa shape index (κ3) is 3.20. The molecule has 0 spiro atoms. The lowest BCUT2D eigenvalue weighted by molar-refractivity contribution is 0.392. The van der Waals surface area contributed by atoms with E-state index in [1.165, 1.54) is 14.2 Å². The van der Waals surface area contributed by atoms with Gasteiger partial charge in [0.2, 0.25) is 5.88 Å². The van der Waals surface area contributed by atoms with Crippen LogP contribution < -0.4 is 9.47 Å². The maximum Gasteiger partial charge on any atom is 0.241 e. The molecule has 1 aromatic heterocycles. The van der Waals surface area contributed by atoms with E-state index in [0.29, 0.717) is 21.8 Å².